The van der Waals surface area contributed by atoms with Crippen LogP contribution in [0.25, 0.3) is 11.1 Å². The number of hydrogen-bond donors (Lipinski definition) is 0. The molecule has 0 N–H and O–H groups in total. The van der Waals surface area contributed by atoms with Gasteiger partial charge in [0.15, 0.2) is 0 Å². The Kier molecular flexibility index (Phi) is 9.69. The summed E-state index contributed by atoms with van der Waals surface area (Å²) in [6.45, 7) is 13.9. The Morgan fingerprint density at radius 1 is 0.705 bits per heavy atom. The number of allylic oxidation sites excluding steroid dienone is 4. The van der Waals surface area contributed by atoms with E-state index in [1.54, 1.807) is 0 Å². The van der Waals surface area contributed by atoms with Crippen LogP contribution in [0.5, 0.6) is 0 Å². The molecule has 0 fully saturated rings. The summed E-state index contributed by atoms with van der Waals surface area (Å²) in [5.41, 5.74) is 8.25. The van der Waals surface area contributed by atoms with Gasteiger partial charge >= 0.3 is 265 Å². The molecule has 0 spiro atoms. The van der Waals surface area contributed by atoms with E-state index in [0.29, 0.717) is 0 Å². The number of fused-ring (bicyclic) bond motifs is 3. The van der Waals surface area contributed by atoms with Crippen molar-refractivity contribution in [1.82, 2.24) is 0 Å². The average Bonchev–Trinajstić information content (AvgIpc) is 3.60. The van der Waals surface area contributed by atoms with Crippen LogP contribution in [0.3, 0.4) is 0 Å². The molecule has 230 valence electrons. The summed E-state index contributed by atoms with van der Waals surface area (Å²) in [4.78, 5) is 0. The van der Waals surface area contributed by atoms with E-state index in [1.807, 2.05) is 12.1 Å². The zero-order valence-corrected chi connectivity index (χ0v) is 32.0. The fraction of sp³-hybridized carbons (Fsp3) is 0.256. The molecule has 5 heteroatoms. The van der Waals surface area contributed by atoms with Gasteiger partial charge in [0, 0.05) is 0 Å². The third-order valence-corrected chi connectivity index (χ3v) is 26.5. The third kappa shape index (κ3) is 5.40. The van der Waals surface area contributed by atoms with Crippen LogP contribution >= 0.6 is 48.0 Å². The molecule has 0 bridgehead atoms. The molecular weight excluding hydrogens is 701 g/mol. The Balaban J connectivity index is 0.00000221. The van der Waals surface area contributed by atoms with E-state index in [4.69, 9.17) is 27.4 Å². The number of benzene rings is 4. The van der Waals surface area contributed by atoms with Gasteiger partial charge in [0.25, 0.3) is 0 Å². The zero-order valence-electron chi connectivity index (χ0n) is 26.4. The molecule has 2 aliphatic rings. The van der Waals surface area contributed by atoms with Crippen molar-refractivity contribution >= 4 is 62.0 Å². The first-order valence-corrected chi connectivity index (χ1v) is 22.4. The van der Waals surface area contributed by atoms with Crippen LogP contribution in [0.1, 0.15) is 70.2 Å². The van der Waals surface area contributed by atoms with Gasteiger partial charge in [0.1, 0.15) is 0 Å². The Morgan fingerprint density at radius 2 is 1.30 bits per heavy atom. The van der Waals surface area contributed by atoms with E-state index in [0.717, 1.165) is 22.9 Å². The first kappa shape index (κ1) is 35.1. The molecule has 0 aromatic heterocycles. The normalized spacial score (nSPS) is 14.3. The van der Waals surface area contributed by atoms with Crippen LogP contribution < -0.4 is 9.81 Å². The third-order valence-electron chi connectivity index (χ3n) is 9.70. The summed E-state index contributed by atoms with van der Waals surface area (Å²) in [5.74, 6) is 0. The van der Waals surface area contributed by atoms with Crippen molar-refractivity contribution in [1.29, 1.82) is 0 Å². The van der Waals surface area contributed by atoms with E-state index in [9.17, 15) is 0 Å². The zero-order chi connectivity index (χ0) is 30.1. The quantitative estimate of drug-likeness (QED) is 0.172. The topological polar surface area (TPSA) is 0 Å². The molecule has 0 saturated heterocycles. The molecular formula is C39H42Cl4Zr. The average molecular weight is 744 g/mol. The van der Waals surface area contributed by atoms with E-state index < -0.39 is 18.3 Å². The summed E-state index contributed by atoms with van der Waals surface area (Å²) >= 11 is 8.72. The summed E-state index contributed by atoms with van der Waals surface area (Å²) in [6, 6.07) is 29.0. The number of rotatable bonds is 4. The molecule has 0 saturated carbocycles. The monoisotopic (exact) mass is 740 g/mol. The Bertz CT molecular complexity index is 1830. The van der Waals surface area contributed by atoms with Crippen LogP contribution in [0.15, 0.2) is 100 Å². The summed E-state index contributed by atoms with van der Waals surface area (Å²) in [7, 11) is 0. The molecule has 44 heavy (non-hydrogen) atoms. The van der Waals surface area contributed by atoms with E-state index >= 15 is 0 Å². The Morgan fingerprint density at radius 3 is 1.80 bits per heavy atom. The van der Waals surface area contributed by atoms with Crippen molar-refractivity contribution in [3.8, 4) is 11.1 Å². The fourth-order valence-electron chi connectivity index (χ4n) is 7.51. The van der Waals surface area contributed by atoms with Crippen molar-refractivity contribution in [2.24, 2.45) is 0 Å². The summed E-state index contributed by atoms with van der Waals surface area (Å²) in [5, 5.41) is 1.49. The maximum atomic E-state index is 6.85. The summed E-state index contributed by atoms with van der Waals surface area (Å²) in [6.07, 6.45) is 8.63. The Hall–Kier alpha value is -1.73. The molecule has 0 heterocycles. The molecule has 6 rings (SSSR count). The minimum absolute atomic E-state index is 0. The van der Waals surface area contributed by atoms with Crippen molar-refractivity contribution in [2.75, 3.05) is 0 Å². The van der Waals surface area contributed by atoms with Crippen LogP contribution in [0, 0.1) is 0 Å². The molecule has 4 aromatic rings. The molecule has 2 aliphatic carbocycles. The van der Waals surface area contributed by atoms with Crippen LogP contribution in [0.2, 0.25) is 10.0 Å². The standard InChI is InChI=1S/C21H25.2C6H4Cl.C5H5.CH2.2ClH.Zr/c1-20(2,3)16-7-9-18-14(12-16)11-15-13-17(21(4,5)6)8-10-19(15)18;2*7-6-4-2-1-3-5-6;1-2-4-5-3-1;;;;/h7-10,12H,11H2,1-6H3;2*1-2,4-5H;1-3H,4H2;1H2;2*1H;. The van der Waals surface area contributed by atoms with Gasteiger partial charge in [-0.05, 0) is 0 Å². The number of hydrogen-bond acceptors (Lipinski definition) is 0. The summed E-state index contributed by atoms with van der Waals surface area (Å²) < 4.78 is 11.0. The molecule has 0 radical (unpaired) electrons. The van der Waals surface area contributed by atoms with Gasteiger partial charge in [-0.2, -0.15) is 0 Å². The van der Waals surface area contributed by atoms with Gasteiger partial charge in [-0.3, -0.25) is 0 Å². The van der Waals surface area contributed by atoms with E-state index in [2.05, 4.69) is 127 Å². The molecule has 0 aliphatic heterocycles. The van der Waals surface area contributed by atoms with Crippen molar-refractivity contribution in [2.45, 2.75) is 65.2 Å². The van der Waals surface area contributed by atoms with Gasteiger partial charge < -0.3 is 0 Å². The van der Waals surface area contributed by atoms with E-state index in [-0.39, 0.29) is 35.6 Å². The molecule has 0 atom stereocenters. The second kappa shape index (κ2) is 12.1. The van der Waals surface area contributed by atoms with Gasteiger partial charge in [-0.15, -0.1) is 24.8 Å². The molecule has 0 nitrogen and oxygen atoms in total. The second-order valence-corrected chi connectivity index (χ2v) is 28.0. The minimum atomic E-state index is -4.98. The van der Waals surface area contributed by atoms with Crippen LogP contribution in [0.4, 0.5) is 0 Å². The van der Waals surface area contributed by atoms with Gasteiger partial charge in [-0.1, -0.05) is 0 Å². The van der Waals surface area contributed by atoms with Gasteiger partial charge in [0.05, 0.1) is 0 Å². The van der Waals surface area contributed by atoms with Crippen molar-refractivity contribution in [3.05, 3.63) is 133 Å². The first-order chi connectivity index (χ1) is 19.7. The number of halogens is 4. The Labute approximate surface area is 287 Å². The first-order valence-electron chi connectivity index (χ1n) is 14.9. The van der Waals surface area contributed by atoms with Gasteiger partial charge in [-0.25, -0.2) is 0 Å². The second-order valence-electron chi connectivity index (χ2n) is 14.4. The molecule has 0 unspecified atom stereocenters. The van der Waals surface area contributed by atoms with Crippen LogP contribution in [-0.2, 0) is 35.5 Å². The maximum absolute atomic E-state index is 6.85. The fourth-order valence-corrected chi connectivity index (χ4v) is 25.1. The van der Waals surface area contributed by atoms with E-state index in [1.165, 1.54) is 46.5 Å². The molecule has 4 aromatic carbocycles. The predicted octanol–water partition coefficient (Wildman–Crippen LogP) is 10.2. The van der Waals surface area contributed by atoms with Crippen molar-refractivity contribution in [3.63, 3.8) is 0 Å². The predicted molar refractivity (Wildman–Crippen MR) is 197 cm³/mol. The SMILES string of the molecule is Cl.Cl.[CH2]=[Zr]([C]1=CC=CC1)([c]1cccc(Cl)c1)([c]1cccc(Cl)c1)[c]1c(C(C)(C)C)ccc2c1Cc1cc(C(C)(C)C)ccc1-2. The van der Waals surface area contributed by atoms with Crippen LogP contribution in [-0.4, -0.2) is 4.21 Å². The van der Waals surface area contributed by atoms with Gasteiger partial charge in [0.2, 0.25) is 0 Å². The molecule has 0 amide bonds. The van der Waals surface area contributed by atoms with Crippen molar-refractivity contribution < 1.29 is 18.3 Å².